The number of nitro benzene ring substituents is 1. The van der Waals surface area contributed by atoms with Crippen molar-refractivity contribution in [2.75, 3.05) is 19.1 Å². The SMILES string of the molecule is COc1ccc(N2C(=S)N[C@H](c3ccccn3)[C@@H]2c2cc(C)n(-c3ccc(OC)cc3[N+](=O)[O-])c2C)cc1. The highest BCUT2D eigenvalue weighted by Gasteiger charge is 2.42. The summed E-state index contributed by atoms with van der Waals surface area (Å²) in [5, 5.41) is 16.0. The summed E-state index contributed by atoms with van der Waals surface area (Å²) in [7, 11) is 3.12. The van der Waals surface area contributed by atoms with Crippen LogP contribution in [0.2, 0.25) is 0 Å². The quantitative estimate of drug-likeness (QED) is 0.188. The maximum Gasteiger partial charge on any atom is 0.296 e. The van der Waals surface area contributed by atoms with Crippen LogP contribution in [0.5, 0.6) is 11.5 Å². The largest absolute Gasteiger partial charge is 0.497 e. The Morgan fingerprint density at radius 2 is 1.71 bits per heavy atom. The minimum atomic E-state index is -0.386. The minimum Gasteiger partial charge on any atom is -0.497 e. The maximum atomic E-state index is 12.0. The van der Waals surface area contributed by atoms with Crippen LogP contribution < -0.4 is 19.7 Å². The van der Waals surface area contributed by atoms with Gasteiger partial charge in [-0.2, -0.15) is 0 Å². The molecule has 4 aromatic rings. The van der Waals surface area contributed by atoms with Crippen LogP contribution in [-0.2, 0) is 0 Å². The summed E-state index contributed by atoms with van der Waals surface area (Å²) in [4.78, 5) is 18.3. The molecule has 0 amide bonds. The first-order valence-electron chi connectivity index (χ1n) is 12.0. The molecule has 38 heavy (non-hydrogen) atoms. The molecule has 3 heterocycles. The third kappa shape index (κ3) is 4.32. The molecule has 0 spiro atoms. The zero-order valence-electron chi connectivity index (χ0n) is 21.4. The molecule has 1 aliphatic rings. The fourth-order valence-electron chi connectivity index (χ4n) is 5.12. The third-order valence-corrected chi connectivity index (χ3v) is 7.17. The summed E-state index contributed by atoms with van der Waals surface area (Å²) in [6.07, 6.45) is 1.76. The second-order valence-electron chi connectivity index (χ2n) is 8.97. The van der Waals surface area contributed by atoms with Gasteiger partial charge in [-0.25, -0.2) is 0 Å². The zero-order valence-corrected chi connectivity index (χ0v) is 22.2. The van der Waals surface area contributed by atoms with Crippen molar-refractivity contribution < 1.29 is 14.4 Å². The summed E-state index contributed by atoms with van der Waals surface area (Å²) >= 11 is 5.84. The Balaban J connectivity index is 1.69. The molecule has 0 unspecified atom stereocenters. The van der Waals surface area contributed by atoms with Gasteiger partial charge in [-0.1, -0.05) is 6.07 Å². The van der Waals surface area contributed by atoms with E-state index in [2.05, 4.69) is 21.3 Å². The second-order valence-corrected chi connectivity index (χ2v) is 9.35. The number of anilines is 1. The van der Waals surface area contributed by atoms with Crippen LogP contribution >= 0.6 is 12.2 Å². The number of aromatic nitrogens is 2. The monoisotopic (exact) mass is 529 g/mol. The van der Waals surface area contributed by atoms with Crippen molar-refractivity contribution in [2.45, 2.75) is 25.9 Å². The van der Waals surface area contributed by atoms with E-state index in [4.69, 9.17) is 21.7 Å². The van der Waals surface area contributed by atoms with Crippen LogP contribution in [0.1, 0.15) is 34.7 Å². The Kier molecular flexibility index (Phi) is 6.73. The summed E-state index contributed by atoms with van der Waals surface area (Å²) in [6.45, 7) is 3.91. The summed E-state index contributed by atoms with van der Waals surface area (Å²) in [5.74, 6) is 1.17. The number of ether oxygens (including phenoxy) is 2. The van der Waals surface area contributed by atoms with Gasteiger partial charge in [-0.15, -0.1) is 0 Å². The van der Waals surface area contributed by atoms with E-state index in [1.54, 1.807) is 25.4 Å². The molecule has 2 atom stereocenters. The van der Waals surface area contributed by atoms with E-state index in [9.17, 15) is 10.1 Å². The van der Waals surface area contributed by atoms with Gasteiger partial charge in [0, 0.05) is 23.3 Å². The number of pyridine rings is 1. The molecule has 2 aromatic heterocycles. The van der Waals surface area contributed by atoms with Crippen molar-refractivity contribution in [3.63, 3.8) is 0 Å². The summed E-state index contributed by atoms with van der Waals surface area (Å²) in [5.41, 5.74) is 4.88. The first-order chi connectivity index (χ1) is 18.3. The lowest BCUT2D eigenvalue weighted by molar-refractivity contribution is -0.384. The molecule has 9 nitrogen and oxygen atoms in total. The van der Waals surface area contributed by atoms with Crippen molar-refractivity contribution in [1.29, 1.82) is 0 Å². The summed E-state index contributed by atoms with van der Waals surface area (Å²) in [6, 6.07) is 20.0. The molecule has 1 N–H and O–H groups in total. The van der Waals surface area contributed by atoms with Crippen molar-refractivity contribution >= 4 is 28.7 Å². The Bertz CT molecular complexity index is 1500. The molecule has 0 radical (unpaired) electrons. The van der Waals surface area contributed by atoms with E-state index in [1.165, 1.54) is 13.2 Å². The number of benzene rings is 2. The van der Waals surface area contributed by atoms with Crippen LogP contribution in [0.25, 0.3) is 5.69 Å². The molecule has 194 valence electrons. The highest BCUT2D eigenvalue weighted by atomic mass is 32.1. The average Bonchev–Trinajstić information content (AvgIpc) is 3.43. The second kappa shape index (κ2) is 10.1. The summed E-state index contributed by atoms with van der Waals surface area (Å²) < 4.78 is 12.5. The highest BCUT2D eigenvalue weighted by molar-refractivity contribution is 7.80. The molecule has 0 bridgehead atoms. The molecule has 1 saturated heterocycles. The number of hydrogen-bond acceptors (Lipinski definition) is 6. The first-order valence-corrected chi connectivity index (χ1v) is 12.4. The van der Waals surface area contributed by atoms with Crippen LogP contribution in [0, 0.1) is 24.0 Å². The fourth-order valence-corrected chi connectivity index (χ4v) is 5.46. The van der Waals surface area contributed by atoms with Gasteiger partial charge in [0.15, 0.2) is 5.11 Å². The lowest BCUT2D eigenvalue weighted by Crippen LogP contribution is -2.29. The van der Waals surface area contributed by atoms with E-state index in [1.807, 2.05) is 60.9 Å². The fraction of sp³-hybridized carbons (Fsp3) is 0.214. The minimum absolute atomic E-state index is 0.0361. The standard InChI is InChI=1S/C28H27N5O4S/c1-17-15-22(18(2)31(17)24-13-12-21(37-4)16-25(24)33(34)35)27-26(23-7-5-6-14-29-23)30-28(38)32(27)19-8-10-20(36-3)11-9-19/h5-16,26-27H,1-4H3,(H,30,38)/t26-,27+/m1/s1. The Morgan fingerprint density at radius 3 is 2.34 bits per heavy atom. The molecule has 0 saturated carbocycles. The van der Waals surface area contributed by atoms with Crippen LogP contribution in [-0.4, -0.2) is 33.8 Å². The number of nitrogens with zero attached hydrogens (tertiary/aromatic N) is 4. The van der Waals surface area contributed by atoms with E-state index >= 15 is 0 Å². The van der Waals surface area contributed by atoms with E-state index < -0.39 is 0 Å². The predicted molar refractivity (Wildman–Crippen MR) is 149 cm³/mol. The molecular weight excluding hydrogens is 502 g/mol. The Labute approximate surface area is 225 Å². The maximum absolute atomic E-state index is 12.0. The van der Waals surface area contributed by atoms with Gasteiger partial charge in [0.05, 0.1) is 43.0 Å². The average molecular weight is 530 g/mol. The van der Waals surface area contributed by atoms with Gasteiger partial charge in [0.2, 0.25) is 0 Å². The van der Waals surface area contributed by atoms with E-state index in [0.29, 0.717) is 16.5 Å². The normalized spacial score (nSPS) is 16.8. The van der Waals surface area contributed by atoms with Crippen LogP contribution in [0.3, 0.4) is 0 Å². The number of hydrogen-bond donors (Lipinski definition) is 1. The van der Waals surface area contributed by atoms with Crippen molar-refractivity contribution in [1.82, 2.24) is 14.9 Å². The van der Waals surface area contributed by atoms with E-state index in [0.717, 1.165) is 34.1 Å². The molecule has 5 rings (SSSR count). The third-order valence-electron chi connectivity index (χ3n) is 6.86. The molecular formula is C28H27N5O4S. The van der Waals surface area contributed by atoms with Crippen LogP contribution in [0.15, 0.2) is 72.9 Å². The van der Waals surface area contributed by atoms with Gasteiger partial charge in [-0.3, -0.25) is 15.1 Å². The van der Waals surface area contributed by atoms with Crippen LogP contribution in [0.4, 0.5) is 11.4 Å². The number of nitrogens with one attached hydrogen (secondary N) is 1. The smallest absolute Gasteiger partial charge is 0.296 e. The lowest BCUT2D eigenvalue weighted by Gasteiger charge is -2.28. The van der Waals surface area contributed by atoms with Crippen molar-refractivity contribution in [2.24, 2.45) is 0 Å². The molecule has 1 fully saturated rings. The number of rotatable bonds is 7. The molecule has 1 aliphatic heterocycles. The number of thiocarbonyl (C=S) groups is 1. The zero-order chi connectivity index (χ0) is 27.0. The van der Waals surface area contributed by atoms with Gasteiger partial charge < -0.3 is 24.3 Å². The lowest BCUT2D eigenvalue weighted by atomic mass is 9.96. The first kappa shape index (κ1) is 25.2. The number of methoxy groups -OCH3 is 2. The van der Waals surface area contributed by atoms with Gasteiger partial charge in [-0.05, 0) is 86.2 Å². The topological polar surface area (TPSA) is 94.7 Å². The predicted octanol–water partition coefficient (Wildman–Crippen LogP) is 5.59. The van der Waals surface area contributed by atoms with Crippen molar-refractivity contribution in [3.05, 3.63) is 106 Å². The highest BCUT2D eigenvalue weighted by Crippen LogP contribution is 2.44. The molecule has 0 aliphatic carbocycles. The Morgan fingerprint density at radius 1 is 1.00 bits per heavy atom. The van der Waals surface area contributed by atoms with E-state index in [-0.39, 0.29) is 22.7 Å². The Hall–Kier alpha value is -4.44. The molecule has 2 aromatic carbocycles. The number of aryl methyl sites for hydroxylation is 1. The number of nitro groups is 1. The van der Waals surface area contributed by atoms with Gasteiger partial charge >= 0.3 is 0 Å². The van der Waals surface area contributed by atoms with Gasteiger partial charge in [0.25, 0.3) is 5.69 Å². The molecule has 10 heteroatoms. The van der Waals surface area contributed by atoms with Crippen molar-refractivity contribution in [3.8, 4) is 17.2 Å². The van der Waals surface area contributed by atoms with Gasteiger partial charge in [0.1, 0.15) is 17.2 Å².